The van der Waals surface area contributed by atoms with E-state index in [1.54, 1.807) is 6.92 Å². The Morgan fingerprint density at radius 1 is 1.23 bits per heavy atom. The van der Waals surface area contributed by atoms with Gasteiger partial charge in [0.25, 0.3) is 17.5 Å². The van der Waals surface area contributed by atoms with E-state index in [1.807, 2.05) is 5.32 Å². The molecule has 0 atom stereocenters. The van der Waals surface area contributed by atoms with Crippen LogP contribution in [0.1, 0.15) is 12.5 Å². The number of nitrogens with one attached hydrogen (secondary N) is 1. The summed E-state index contributed by atoms with van der Waals surface area (Å²) in [5.74, 6) is -2.09. The summed E-state index contributed by atoms with van der Waals surface area (Å²) < 4.78 is 5.27. The summed E-state index contributed by atoms with van der Waals surface area (Å²) in [6.45, 7) is 1.94. The molecule has 154 valence electrons. The third kappa shape index (κ3) is 3.94. The fourth-order valence-corrected chi connectivity index (χ4v) is 2.94. The Morgan fingerprint density at radius 2 is 1.90 bits per heavy atom. The molecule has 1 saturated heterocycles. The van der Waals surface area contributed by atoms with Gasteiger partial charge in [-0.25, -0.2) is 9.69 Å². The first-order valence-electron chi connectivity index (χ1n) is 8.54. The Balaban J connectivity index is 2.01. The van der Waals surface area contributed by atoms with E-state index in [0.29, 0.717) is 4.90 Å². The van der Waals surface area contributed by atoms with Crippen LogP contribution in [0.4, 0.5) is 16.2 Å². The van der Waals surface area contributed by atoms with Crippen LogP contribution in [0.15, 0.2) is 42.0 Å². The number of nitro groups is 1. The number of aromatic hydroxyl groups is 1. The molecule has 11 heteroatoms. The second kappa shape index (κ2) is 8.21. The Hall–Kier alpha value is -3.92. The summed E-state index contributed by atoms with van der Waals surface area (Å²) in [5.41, 5.74) is -0.284. The second-order valence-corrected chi connectivity index (χ2v) is 6.42. The summed E-state index contributed by atoms with van der Waals surface area (Å²) in [6.07, 6.45) is 1.19. The zero-order valence-corrected chi connectivity index (χ0v) is 16.2. The molecule has 1 heterocycles. The molecule has 2 aromatic carbocycles. The smallest absolute Gasteiger partial charge is 0.335 e. The number of rotatable bonds is 5. The van der Waals surface area contributed by atoms with Crippen molar-refractivity contribution in [1.29, 1.82) is 0 Å². The molecule has 4 amide bonds. The number of imide groups is 2. The zero-order chi connectivity index (χ0) is 22.0. The molecule has 1 aliphatic heterocycles. The van der Waals surface area contributed by atoms with Crippen LogP contribution in [0.5, 0.6) is 11.5 Å². The normalized spacial score (nSPS) is 15.3. The Morgan fingerprint density at radius 3 is 2.50 bits per heavy atom. The molecule has 1 fully saturated rings. The quantitative estimate of drug-likeness (QED) is 0.321. The fourth-order valence-electron chi connectivity index (χ4n) is 2.72. The highest BCUT2D eigenvalue weighted by molar-refractivity contribution is 6.39. The number of nitro benzene ring substituents is 1. The number of benzene rings is 2. The average Bonchev–Trinajstić information content (AvgIpc) is 2.69. The van der Waals surface area contributed by atoms with Gasteiger partial charge in [0, 0.05) is 12.1 Å². The van der Waals surface area contributed by atoms with E-state index in [1.165, 1.54) is 30.3 Å². The van der Waals surface area contributed by atoms with E-state index in [0.717, 1.165) is 12.1 Å². The minimum atomic E-state index is -0.991. The monoisotopic (exact) mass is 431 g/mol. The summed E-state index contributed by atoms with van der Waals surface area (Å²) in [5, 5.41) is 22.7. The maximum atomic E-state index is 12.9. The maximum absolute atomic E-state index is 12.9. The summed E-state index contributed by atoms with van der Waals surface area (Å²) >= 11 is 5.97. The molecule has 0 unspecified atom stereocenters. The van der Waals surface area contributed by atoms with Crippen molar-refractivity contribution in [2.24, 2.45) is 0 Å². The maximum Gasteiger partial charge on any atom is 0.335 e. The van der Waals surface area contributed by atoms with Crippen molar-refractivity contribution in [3.8, 4) is 11.5 Å². The van der Waals surface area contributed by atoms with Gasteiger partial charge in [0.05, 0.1) is 22.2 Å². The zero-order valence-electron chi connectivity index (χ0n) is 15.4. The number of carbonyl (C=O) groups is 3. The number of ether oxygens (including phenoxy) is 1. The number of barbiturate groups is 1. The first kappa shape index (κ1) is 20.8. The van der Waals surface area contributed by atoms with E-state index < -0.39 is 22.8 Å². The Labute approximate surface area is 174 Å². The number of non-ortho nitro benzene ring substituents is 1. The van der Waals surface area contributed by atoms with E-state index >= 15 is 0 Å². The topological polar surface area (TPSA) is 139 Å². The highest BCUT2D eigenvalue weighted by Gasteiger charge is 2.37. The summed E-state index contributed by atoms with van der Waals surface area (Å²) in [7, 11) is 0. The van der Waals surface area contributed by atoms with Crippen molar-refractivity contribution in [2.45, 2.75) is 6.92 Å². The lowest BCUT2D eigenvalue weighted by atomic mass is 10.1. The van der Waals surface area contributed by atoms with Crippen LogP contribution in [0.2, 0.25) is 5.02 Å². The molecule has 30 heavy (non-hydrogen) atoms. The second-order valence-electron chi connectivity index (χ2n) is 6.01. The molecule has 0 bridgehead atoms. The van der Waals surface area contributed by atoms with Gasteiger partial charge in [-0.2, -0.15) is 0 Å². The predicted octanol–water partition coefficient (Wildman–Crippen LogP) is 3.02. The molecule has 0 aromatic heterocycles. The Kier molecular flexibility index (Phi) is 5.70. The average molecular weight is 432 g/mol. The third-order valence-electron chi connectivity index (χ3n) is 4.08. The molecule has 2 aromatic rings. The number of urea groups is 1. The van der Waals surface area contributed by atoms with Crippen molar-refractivity contribution in [1.82, 2.24) is 5.32 Å². The number of phenolic OH excluding ortho intramolecular Hbond substituents is 1. The van der Waals surface area contributed by atoms with E-state index in [2.05, 4.69) is 0 Å². The number of amides is 4. The van der Waals surface area contributed by atoms with Crippen LogP contribution in [0, 0.1) is 10.1 Å². The van der Waals surface area contributed by atoms with E-state index in [-0.39, 0.29) is 45.6 Å². The number of phenols is 1. The third-order valence-corrected chi connectivity index (χ3v) is 4.37. The van der Waals surface area contributed by atoms with Gasteiger partial charge < -0.3 is 9.84 Å². The highest BCUT2D eigenvalue weighted by atomic mass is 35.5. The minimum absolute atomic E-state index is 0.0419. The van der Waals surface area contributed by atoms with Crippen molar-refractivity contribution < 1.29 is 29.2 Å². The van der Waals surface area contributed by atoms with Crippen LogP contribution in [0.3, 0.4) is 0 Å². The number of carbonyl (C=O) groups excluding carboxylic acids is 3. The van der Waals surface area contributed by atoms with Crippen LogP contribution >= 0.6 is 11.6 Å². The molecule has 0 aliphatic carbocycles. The molecule has 1 aliphatic rings. The number of hydrogen-bond acceptors (Lipinski definition) is 7. The van der Waals surface area contributed by atoms with Crippen LogP contribution in [-0.4, -0.2) is 34.5 Å². The van der Waals surface area contributed by atoms with E-state index in [4.69, 9.17) is 16.3 Å². The molecule has 3 rings (SSSR count). The van der Waals surface area contributed by atoms with Gasteiger partial charge in [0.15, 0.2) is 11.5 Å². The standard InChI is InChI=1S/C19H14ClN3O7/c1-2-30-15-9-10(8-14(20)16(15)24)7-13-17(25)21-19(27)22(18(13)26)11-3-5-12(6-4-11)23(28)29/h3-9,24H,2H2,1H3,(H,21,25,27)/b13-7+. The van der Waals surface area contributed by atoms with Crippen molar-refractivity contribution in [3.05, 3.63) is 62.7 Å². The fraction of sp³-hybridized carbons (Fsp3) is 0.105. The van der Waals surface area contributed by atoms with Gasteiger partial charge in [-0.1, -0.05) is 11.6 Å². The molecular formula is C19H14ClN3O7. The number of nitrogens with zero attached hydrogens (tertiary/aromatic N) is 2. The summed E-state index contributed by atoms with van der Waals surface area (Å²) in [6, 6.07) is 6.40. The number of anilines is 1. The van der Waals surface area contributed by atoms with Crippen LogP contribution in [0.25, 0.3) is 6.08 Å². The molecular weight excluding hydrogens is 418 g/mol. The lowest BCUT2D eigenvalue weighted by molar-refractivity contribution is -0.384. The van der Waals surface area contributed by atoms with Crippen molar-refractivity contribution in [3.63, 3.8) is 0 Å². The van der Waals surface area contributed by atoms with E-state index in [9.17, 15) is 29.6 Å². The van der Waals surface area contributed by atoms with Gasteiger partial charge in [-0.15, -0.1) is 0 Å². The molecule has 0 radical (unpaired) electrons. The molecule has 0 saturated carbocycles. The first-order valence-corrected chi connectivity index (χ1v) is 8.92. The lowest BCUT2D eigenvalue weighted by Crippen LogP contribution is -2.54. The highest BCUT2D eigenvalue weighted by Crippen LogP contribution is 2.36. The van der Waals surface area contributed by atoms with Gasteiger partial charge in [0.2, 0.25) is 0 Å². The van der Waals surface area contributed by atoms with Crippen LogP contribution in [-0.2, 0) is 9.59 Å². The molecule has 0 spiro atoms. The summed E-state index contributed by atoms with van der Waals surface area (Å²) in [4.78, 5) is 48.2. The Bertz CT molecular complexity index is 1100. The minimum Gasteiger partial charge on any atom is -0.503 e. The van der Waals surface area contributed by atoms with Crippen molar-refractivity contribution >= 4 is 46.9 Å². The van der Waals surface area contributed by atoms with Crippen molar-refractivity contribution in [2.75, 3.05) is 11.5 Å². The SMILES string of the molecule is CCOc1cc(/C=C2\C(=O)NC(=O)N(c3ccc([N+](=O)[O-])cc3)C2=O)cc(Cl)c1O. The number of halogens is 1. The first-order chi connectivity index (χ1) is 14.2. The van der Waals surface area contributed by atoms with Crippen LogP contribution < -0.4 is 15.0 Å². The van der Waals surface area contributed by atoms with Gasteiger partial charge in [0.1, 0.15) is 5.57 Å². The van der Waals surface area contributed by atoms with Gasteiger partial charge in [-0.3, -0.25) is 25.0 Å². The molecule has 10 nitrogen and oxygen atoms in total. The lowest BCUT2D eigenvalue weighted by Gasteiger charge is -2.26. The largest absolute Gasteiger partial charge is 0.503 e. The number of hydrogen-bond donors (Lipinski definition) is 2. The van der Waals surface area contributed by atoms with Gasteiger partial charge in [-0.05, 0) is 42.8 Å². The van der Waals surface area contributed by atoms with Gasteiger partial charge >= 0.3 is 6.03 Å². The predicted molar refractivity (Wildman–Crippen MR) is 106 cm³/mol. The molecule has 2 N–H and O–H groups in total.